The van der Waals surface area contributed by atoms with Crippen molar-refractivity contribution in [1.29, 1.82) is 0 Å². The van der Waals surface area contributed by atoms with Gasteiger partial charge in [-0.1, -0.05) is 90.1 Å². The summed E-state index contributed by atoms with van der Waals surface area (Å²) in [6, 6.07) is 30.0. The Labute approximate surface area is 189 Å². The molecule has 0 saturated heterocycles. The van der Waals surface area contributed by atoms with Crippen LogP contribution in [0.25, 0.3) is 16.3 Å². The number of carbonyl (C=O) groups is 2. The molecule has 0 aliphatic carbocycles. The number of thioether (sulfide) groups is 1. The number of hydrogen-bond acceptors (Lipinski definition) is 3. The van der Waals surface area contributed by atoms with E-state index in [0.29, 0.717) is 26.8 Å². The number of amides is 2. The van der Waals surface area contributed by atoms with Crippen molar-refractivity contribution in [3.8, 4) is 0 Å². The highest BCUT2D eigenvalue weighted by molar-refractivity contribution is 8.04. The van der Waals surface area contributed by atoms with Crippen LogP contribution in [0.1, 0.15) is 5.56 Å². The average Bonchev–Trinajstić information content (AvgIpc) is 3.04. The van der Waals surface area contributed by atoms with Crippen LogP contribution >= 0.6 is 23.4 Å². The Hall–Kier alpha value is -3.34. The molecule has 150 valence electrons. The van der Waals surface area contributed by atoms with Crippen molar-refractivity contribution in [3.63, 3.8) is 0 Å². The molecule has 2 amide bonds. The second kappa shape index (κ2) is 8.06. The normalized spacial score (nSPS) is 14.0. The van der Waals surface area contributed by atoms with Gasteiger partial charge in [-0.25, -0.2) is 4.90 Å². The molecule has 3 nitrogen and oxygen atoms in total. The first-order valence-corrected chi connectivity index (χ1v) is 10.9. The molecule has 0 N–H and O–H groups in total. The van der Waals surface area contributed by atoms with E-state index in [1.807, 2.05) is 72.8 Å². The van der Waals surface area contributed by atoms with Gasteiger partial charge in [-0.15, -0.1) is 0 Å². The number of fused-ring (bicyclic) bond motifs is 1. The Kier molecular flexibility index (Phi) is 5.10. The van der Waals surface area contributed by atoms with Crippen molar-refractivity contribution in [2.24, 2.45) is 0 Å². The lowest BCUT2D eigenvalue weighted by molar-refractivity contribution is -0.119. The predicted octanol–water partition coefficient (Wildman–Crippen LogP) is 6.57. The SMILES string of the molecule is O=C1C(Sc2ccccc2)=C(c2ccc(Cl)cc2)C(=O)N1c1cccc2ccccc12. The van der Waals surface area contributed by atoms with E-state index in [1.54, 1.807) is 24.3 Å². The van der Waals surface area contributed by atoms with Crippen molar-refractivity contribution in [2.75, 3.05) is 4.90 Å². The first-order chi connectivity index (χ1) is 15.1. The Morgan fingerprint density at radius 2 is 1.35 bits per heavy atom. The van der Waals surface area contributed by atoms with E-state index in [4.69, 9.17) is 11.6 Å². The molecule has 0 unspecified atom stereocenters. The van der Waals surface area contributed by atoms with Gasteiger partial charge in [-0.2, -0.15) is 0 Å². The van der Waals surface area contributed by atoms with Gasteiger partial charge < -0.3 is 0 Å². The van der Waals surface area contributed by atoms with Gasteiger partial charge in [0.25, 0.3) is 11.8 Å². The number of nitrogens with zero attached hydrogens (tertiary/aromatic N) is 1. The van der Waals surface area contributed by atoms with Gasteiger partial charge >= 0.3 is 0 Å². The zero-order chi connectivity index (χ0) is 21.4. The maximum Gasteiger partial charge on any atom is 0.272 e. The van der Waals surface area contributed by atoms with Crippen molar-refractivity contribution in [1.82, 2.24) is 0 Å². The molecule has 5 heteroatoms. The number of rotatable bonds is 4. The lowest BCUT2D eigenvalue weighted by Gasteiger charge is -2.17. The minimum absolute atomic E-state index is 0.319. The second-order valence-electron chi connectivity index (χ2n) is 7.07. The summed E-state index contributed by atoms with van der Waals surface area (Å²) in [6.07, 6.45) is 0. The van der Waals surface area contributed by atoms with Crippen molar-refractivity contribution < 1.29 is 9.59 Å². The van der Waals surface area contributed by atoms with E-state index in [9.17, 15) is 9.59 Å². The smallest absolute Gasteiger partial charge is 0.268 e. The maximum atomic E-state index is 13.6. The fourth-order valence-electron chi connectivity index (χ4n) is 3.70. The highest BCUT2D eigenvalue weighted by Gasteiger charge is 2.41. The topological polar surface area (TPSA) is 37.4 Å². The molecule has 31 heavy (non-hydrogen) atoms. The molecule has 1 heterocycles. The van der Waals surface area contributed by atoms with Gasteiger partial charge in [-0.3, -0.25) is 9.59 Å². The van der Waals surface area contributed by atoms with Gasteiger partial charge in [0.2, 0.25) is 0 Å². The lowest BCUT2D eigenvalue weighted by Crippen LogP contribution is -2.31. The van der Waals surface area contributed by atoms with Gasteiger partial charge in [0.05, 0.1) is 16.2 Å². The zero-order valence-electron chi connectivity index (χ0n) is 16.3. The van der Waals surface area contributed by atoms with Gasteiger partial charge in [0, 0.05) is 15.3 Å². The Bertz CT molecular complexity index is 1340. The fraction of sp³-hybridized carbons (Fsp3) is 0. The zero-order valence-corrected chi connectivity index (χ0v) is 17.9. The first-order valence-electron chi connectivity index (χ1n) is 9.73. The molecule has 0 radical (unpaired) electrons. The molecule has 0 saturated carbocycles. The summed E-state index contributed by atoms with van der Waals surface area (Å²) in [4.78, 5) is 29.9. The molecule has 0 atom stereocenters. The molecule has 4 aromatic rings. The van der Waals surface area contributed by atoms with Crippen LogP contribution < -0.4 is 4.90 Å². The second-order valence-corrected chi connectivity index (χ2v) is 8.59. The van der Waals surface area contributed by atoms with E-state index in [-0.39, 0.29) is 11.8 Å². The standard InChI is InChI=1S/C26H16ClNO2S/c27-19-15-13-18(14-16-19)23-24(31-20-9-2-1-3-10-20)26(30)28(25(23)29)22-12-6-8-17-7-4-5-11-21(17)22/h1-16H. The minimum atomic E-state index is -0.331. The number of benzene rings is 4. The van der Waals surface area contributed by atoms with Crippen LogP contribution in [0.5, 0.6) is 0 Å². The number of anilines is 1. The number of halogens is 1. The lowest BCUT2D eigenvalue weighted by atomic mass is 10.1. The summed E-state index contributed by atoms with van der Waals surface area (Å²) in [5.41, 5.74) is 1.65. The molecule has 4 aromatic carbocycles. The van der Waals surface area contributed by atoms with E-state index < -0.39 is 0 Å². The molecule has 0 bridgehead atoms. The molecule has 1 aliphatic rings. The molecular weight excluding hydrogens is 426 g/mol. The predicted molar refractivity (Wildman–Crippen MR) is 127 cm³/mol. The monoisotopic (exact) mass is 441 g/mol. The van der Waals surface area contributed by atoms with Gasteiger partial charge in [0.1, 0.15) is 0 Å². The third kappa shape index (κ3) is 3.54. The summed E-state index contributed by atoms with van der Waals surface area (Å²) in [6.45, 7) is 0. The van der Waals surface area contributed by atoms with Crippen LogP contribution in [0.4, 0.5) is 5.69 Å². The Balaban J connectivity index is 1.67. The number of carbonyl (C=O) groups excluding carboxylic acids is 2. The van der Waals surface area contributed by atoms with Crippen LogP contribution in [0.3, 0.4) is 0 Å². The van der Waals surface area contributed by atoms with Crippen LogP contribution in [0.2, 0.25) is 5.02 Å². The molecule has 0 aromatic heterocycles. The molecule has 5 rings (SSSR count). The largest absolute Gasteiger partial charge is 0.272 e. The van der Waals surface area contributed by atoms with Crippen molar-refractivity contribution >= 4 is 57.2 Å². The van der Waals surface area contributed by atoms with E-state index >= 15 is 0 Å². The van der Waals surface area contributed by atoms with E-state index in [1.165, 1.54) is 16.7 Å². The molecule has 1 aliphatic heterocycles. The number of imide groups is 1. The fourth-order valence-corrected chi connectivity index (χ4v) is 4.84. The maximum absolute atomic E-state index is 13.6. The summed E-state index contributed by atoms with van der Waals surface area (Å²) < 4.78 is 0. The molecule has 0 spiro atoms. The summed E-state index contributed by atoms with van der Waals surface area (Å²) in [5.74, 6) is -0.651. The van der Waals surface area contributed by atoms with E-state index in [0.717, 1.165) is 15.7 Å². The molecular formula is C26H16ClNO2S. The minimum Gasteiger partial charge on any atom is -0.268 e. The van der Waals surface area contributed by atoms with Gasteiger partial charge in [-0.05, 0) is 41.3 Å². The summed E-state index contributed by atoms with van der Waals surface area (Å²) in [7, 11) is 0. The number of hydrogen-bond donors (Lipinski definition) is 0. The third-order valence-electron chi connectivity index (χ3n) is 5.14. The average molecular weight is 442 g/mol. The quantitative estimate of drug-likeness (QED) is 0.336. The summed E-state index contributed by atoms with van der Waals surface area (Å²) in [5, 5.41) is 2.40. The van der Waals surface area contributed by atoms with Crippen LogP contribution in [-0.4, -0.2) is 11.8 Å². The first kappa shape index (κ1) is 19.6. The molecule has 0 fully saturated rings. The van der Waals surface area contributed by atoms with Gasteiger partial charge in [0.15, 0.2) is 0 Å². The van der Waals surface area contributed by atoms with Crippen LogP contribution in [0.15, 0.2) is 107 Å². The highest BCUT2D eigenvalue weighted by atomic mass is 35.5. The Morgan fingerprint density at radius 3 is 2.13 bits per heavy atom. The third-order valence-corrected chi connectivity index (χ3v) is 6.49. The van der Waals surface area contributed by atoms with Crippen molar-refractivity contribution in [3.05, 3.63) is 113 Å². The summed E-state index contributed by atoms with van der Waals surface area (Å²) >= 11 is 7.36. The highest BCUT2D eigenvalue weighted by Crippen LogP contribution is 2.42. The van der Waals surface area contributed by atoms with Crippen molar-refractivity contribution in [2.45, 2.75) is 4.90 Å². The van der Waals surface area contributed by atoms with Crippen LogP contribution in [0, 0.1) is 0 Å². The van der Waals surface area contributed by atoms with Crippen LogP contribution in [-0.2, 0) is 9.59 Å². The van der Waals surface area contributed by atoms with E-state index in [2.05, 4.69) is 0 Å². The Morgan fingerprint density at radius 1 is 0.677 bits per heavy atom.